The second kappa shape index (κ2) is 9.75. The van der Waals surface area contributed by atoms with Gasteiger partial charge in [0.15, 0.2) is 11.5 Å². The Hall–Kier alpha value is -3.23. The van der Waals surface area contributed by atoms with E-state index in [1.807, 2.05) is 60.3 Å². The van der Waals surface area contributed by atoms with Gasteiger partial charge in [-0.3, -0.25) is 14.2 Å². The molecule has 3 aromatic carbocycles. The lowest BCUT2D eigenvalue weighted by Crippen LogP contribution is -2.34. The van der Waals surface area contributed by atoms with E-state index < -0.39 is 0 Å². The first kappa shape index (κ1) is 24.8. The number of fused-ring (bicyclic) bond motifs is 7. The molecule has 6 nitrogen and oxygen atoms in total. The van der Waals surface area contributed by atoms with Crippen LogP contribution in [0.25, 0.3) is 10.8 Å². The summed E-state index contributed by atoms with van der Waals surface area (Å²) in [5.74, 6) is 3.14. The van der Waals surface area contributed by atoms with Gasteiger partial charge in [-0.1, -0.05) is 53.8 Å². The number of rotatable bonds is 6. The maximum absolute atomic E-state index is 13.4. The average Bonchev–Trinajstić information content (AvgIpc) is 3.66. The van der Waals surface area contributed by atoms with Crippen LogP contribution in [0.1, 0.15) is 35.6 Å². The molecule has 200 valence electrons. The fourth-order valence-corrected chi connectivity index (χ4v) is 10.3. The quantitative estimate of drug-likeness (QED) is 0.298. The molecule has 0 radical (unpaired) electrons. The average molecular weight is 559 g/mol. The van der Waals surface area contributed by atoms with Gasteiger partial charge in [0.05, 0.1) is 19.2 Å². The molecule has 2 aliphatic carbocycles. The number of carbonyl (C=O) groups is 1. The van der Waals surface area contributed by atoms with Crippen LogP contribution in [0.4, 0.5) is 5.69 Å². The van der Waals surface area contributed by atoms with Gasteiger partial charge in [-0.25, -0.2) is 0 Å². The van der Waals surface area contributed by atoms with Gasteiger partial charge in [0.25, 0.3) is 0 Å². The van der Waals surface area contributed by atoms with Crippen molar-refractivity contribution in [2.75, 3.05) is 19.5 Å². The van der Waals surface area contributed by atoms with E-state index in [1.165, 1.54) is 30.6 Å². The number of thioether (sulfide) groups is 1. The van der Waals surface area contributed by atoms with E-state index in [1.54, 1.807) is 18.8 Å². The van der Waals surface area contributed by atoms with E-state index >= 15 is 0 Å². The highest BCUT2D eigenvalue weighted by Crippen LogP contribution is 2.64. The van der Waals surface area contributed by atoms with E-state index in [2.05, 4.69) is 17.4 Å². The van der Waals surface area contributed by atoms with Crippen LogP contribution in [-0.4, -0.2) is 29.9 Å². The number of hydrogen-bond acceptors (Lipinski definition) is 6. The van der Waals surface area contributed by atoms with Gasteiger partial charge >= 0.3 is 4.87 Å². The van der Waals surface area contributed by atoms with Crippen molar-refractivity contribution >= 4 is 45.5 Å². The predicted octanol–water partition coefficient (Wildman–Crippen LogP) is 6.37. The molecule has 1 aromatic heterocycles. The van der Waals surface area contributed by atoms with Crippen molar-refractivity contribution in [1.82, 2.24) is 4.57 Å². The van der Waals surface area contributed by atoms with Gasteiger partial charge < -0.3 is 14.8 Å². The molecule has 0 saturated heterocycles. The molecule has 4 unspecified atom stereocenters. The number of methoxy groups -OCH3 is 2. The molecule has 2 fully saturated rings. The molecule has 2 bridgehead atoms. The fraction of sp³-hybridized carbons (Fsp3) is 0.355. The number of hydrogen-bond donors (Lipinski definition) is 1. The summed E-state index contributed by atoms with van der Waals surface area (Å²) in [6, 6.07) is 20.0. The summed E-state index contributed by atoms with van der Waals surface area (Å²) in [7, 11) is 3.31. The highest BCUT2D eigenvalue weighted by molar-refractivity contribution is 8.00. The largest absolute Gasteiger partial charge is 0.493 e. The van der Waals surface area contributed by atoms with Crippen molar-refractivity contribution in [3.63, 3.8) is 0 Å². The third kappa shape index (κ3) is 4.07. The molecule has 0 spiro atoms. The lowest BCUT2D eigenvalue weighted by atomic mass is 9.75. The highest BCUT2D eigenvalue weighted by Gasteiger charge is 2.55. The van der Waals surface area contributed by atoms with Gasteiger partial charge in [0, 0.05) is 27.1 Å². The Bertz CT molecular complexity index is 1640. The molecular formula is C31H30N2O4S2. The minimum Gasteiger partial charge on any atom is -0.493 e. The summed E-state index contributed by atoms with van der Waals surface area (Å²) in [6.45, 7) is 0.00498. The molecule has 1 aliphatic heterocycles. The normalized spacial score (nSPS) is 24.8. The Morgan fingerprint density at radius 2 is 1.79 bits per heavy atom. The van der Waals surface area contributed by atoms with Crippen LogP contribution in [0.5, 0.6) is 11.5 Å². The summed E-state index contributed by atoms with van der Waals surface area (Å²) in [4.78, 5) is 27.8. The smallest absolute Gasteiger partial charge is 0.308 e. The van der Waals surface area contributed by atoms with Crippen LogP contribution < -0.4 is 19.7 Å². The van der Waals surface area contributed by atoms with Crippen molar-refractivity contribution in [3.05, 3.63) is 80.8 Å². The maximum atomic E-state index is 13.4. The van der Waals surface area contributed by atoms with Crippen molar-refractivity contribution in [1.29, 1.82) is 0 Å². The van der Waals surface area contributed by atoms with Crippen LogP contribution in [0.2, 0.25) is 0 Å². The standard InChI is InChI=1S/C31H30N2O4S2/c1-36-23-13-12-19(15-24(23)37-2)27-26-18-10-11-20(14-18)28(26)38-30-29(27)39-31(35)33(30)16-25(34)32-22-9-5-7-17-6-3-4-8-21(17)22/h3-9,12-13,15,18,20,26-28H,10-11,14,16H2,1-2H3,(H,32,34)/t18?,20?,26?,27-,28?/m0/s1. The van der Waals surface area contributed by atoms with Crippen molar-refractivity contribution in [3.8, 4) is 11.5 Å². The van der Waals surface area contributed by atoms with Crippen LogP contribution in [-0.2, 0) is 11.3 Å². The van der Waals surface area contributed by atoms with E-state index in [-0.39, 0.29) is 23.2 Å². The van der Waals surface area contributed by atoms with Gasteiger partial charge in [0.1, 0.15) is 6.54 Å². The summed E-state index contributed by atoms with van der Waals surface area (Å²) in [5, 5.41) is 6.54. The van der Waals surface area contributed by atoms with Crippen molar-refractivity contribution in [2.45, 2.75) is 42.0 Å². The lowest BCUT2D eigenvalue weighted by molar-refractivity contribution is -0.116. The molecule has 2 heterocycles. The van der Waals surface area contributed by atoms with Crippen molar-refractivity contribution in [2.24, 2.45) is 17.8 Å². The van der Waals surface area contributed by atoms with E-state index in [0.29, 0.717) is 34.5 Å². The van der Waals surface area contributed by atoms with Crippen LogP contribution in [0, 0.1) is 17.8 Å². The Morgan fingerprint density at radius 1 is 1.00 bits per heavy atom. The molecule has 3 aliphatic rings. The first-order chi connectivity index (χ1) is 19.1. The minimum atomic E-state index is -0.188. The lowest BCUT2D eigenvalue weighted by Gasteiger charge is -2.40. The highest BCUT2D eigenvalue weighted by atomic mass is 32.2. The molecule has 39 heavy (non-hydrogen) atoms. The summed E-state index contributed by atoms with van der Waals surface area (Å²) in [5.41, 5.74) is 1.92. The van der Waals surface area contributed by atoms with E-state index in [9.17, 15) is 9.59 Å². The third-order valence-electron chi connectivity index (χ3n) is 8.82. The molecule has 1 N–H and O–H groups in total. The molecule has 2 saturated carbocycles. The number of benzene rings is 3. The van der Waals surface area contributed by atoms with Crippen LogP contribution >= 0.6 is 23.1 Å². The number of aromatic nitrogens is 1. The van der Waals surface area contributed by atoms with Gasteiger partial charge in [-0.15, -0.1) is 11.8 Å². The molecule has 4 aromatic rings. The Morgan fingerprint density at radius 3 is 2.64 bits per heavy atom. The predicted molar refractivity (Wildman–Crippen MR) is 157 cm³/mol. The minimum absolute atomic E-state index is 0.00498. The number of nitrogens with zero attached hydrogens (tertiary/aromatic N) is 1. The number of thiazole rings is 1. The number of carbonyl (C=O) groups excluding carboxylic acids is 1. The Balaban J connectivity index is 1.26. The van der Waals surface area contributed by atoms with E-state index in [4.69, 9.17) is 9.47 Å². The zero-order valence-corrected chi connectivity index (χ0v) is 23.5. The maximum Gasteiger partial charge on any atom is 0.308 e. The number of nitrogens with one attached hydrogen (secondary N) is 1. The van der Waals surface area contributed by atoms with Crippen LogP contribution in [0.15, 0.2) is 70.5 Å². The second-order valence-corrected chi connectivity index (χ2v) is 12.9. The monoisotopic (exact) mass is 558 g/mol. The Labute approximate surface area is 235 Å². The molecule has 7 rings (SSSR count). The first-order valence-corrected chi connectivity index (χ1v) is 15.1. The zero-order valence-electron chi connectivity index (χ0n) is 21.9. The zero-order chi connectivity index (χ0) is 26.7. The van der Waals surface area contributed by atoms with Gasteiger partial charge in [0.2, 0.25) is 5.91 Å². The fourth-order valence-electron chi connectivity index (χ4n) is 7.17. The molecule has 1 amide bonds. The Kier molecular flexibility index (Phi) is 6.20. The third-order valence-corrected chi connectivity index (χ3v) is 11.6. The van der Waals surface area contributed by atoms with Gasteiger partial charge in [-0.05, 0) is 66.2 Å². The summed E-state index contributed by atoms with van der Waals surface area (Å²) < 4.78 is 12.9. The van der Waals surface area contributed by atoms with E-state index in [0.717, 1.165) is 31.9 Å². The molecule has 5 atom stereocenters. The van der Waals surface area contributed by atoms with Crippen molar-refractivity contribution < 1.29 is 14.3 Å². The first-order valence-electron chi connectivity index (χ1n) is 13.5. The molecule has 8 heteroatoms. The molecular weight excluding hydrogens is 528 g/mol. The topological polar surface area (TPSA) is 69.6 Å². The summed E-state index contributed by atoms with van der Waals surface area (Å²) >= 11 is 3.15. The van der Waals surface area contributed by atoms with Gasteiger partial charge in [-0.2, -0.15) is 0 Å². The van der Waals surface area contributed by atoms with Crippen LogP contribution in [0.3, 0.4) is 0 Å². The SMILES string of the molecule is COc1ccc([C@@H]2c3sc(=O)n(CC(=O)Nc4cccc5ccccc45)c3SC3C4CCC(C4)C32)cc1OC. The summed E-state index contributed by atoms with van der Waals surface area (Å²) in [6.07, 6.45) is 3.77. The number of amides is 1. The number of anilines is 1. The number of ether oxygens (including phenoxy) is 2. The second-order valence-electron chi connectivity index (χ2n) is 10.8.